The Labute approximate surface area is 196 Å². The maximum Gasteiger partial charge on any atom is 0.316 e. The first-order valence-corrected chi connectivity index (χ1v) is 11.5. The first-order valence-electron chi connectivity index (χ1n) is 11.5. The Morgan fingerprint density at radius 2 is 1.76 bits per heavy atom. The molecule has 5 rings (SSSR count). The SMILES string of the molecule is O=C(Nc1c(-c2ccccn2)ccnc1C1CCC(F)(F)CC1)c1cnc(OCC2CC2)nc1. The molecule has 0 aliphatic heterocycles. The normalized spacial score (nSPS) is 17.8. The molecular formula is C25H25F2N5O2. The number of nitrogens with zero attached hydrogens (tertiary/aromatic N) is 4. The number of hydrogen-bond acceptors (Lipinski definition) is 6. The number of carbonyl (C=O) groups is 1. The molecule has 3 heterocycles. The minimum absolute atomic E-state index is 0.187. The Kier molecular flexibility index (Phi) is 6.17. The van der Waals surface area contributed by atoms with Gasteiger partial charge in [-0.2, -0.15) is 0 Å². The molecule has 0 radical (unpaired) electrons. The van der Waals surface area contributed by atoms with Crippen LogP contribution in [0.3, 0.4) is 0 Å². The third-order valence-electron chi connectivity index (χ3n) is 6.30. The quantitative estimate of drug-likeness (QED) is 0.511. The number of carbonyl (C=O) groups excluding carboxylic acids is 1. The van der Waals surface area contributed by atoms with E-state index in [-0.39, 0.29) is 30.3 Å². The first-order chi connectivity index (χ1) is 16.5. The lowest BCUT2D eigenvalue weighted by atomic mass is 9.83. The fourth-order valence-electron chi connectivity index (χ4n) is 4.14. The molecule has 0 unspecified atom stereocenters. The molecule has 7 nitrogen and oxygen atoms in total. The highest BCUT2D eigenvalue weighted by Gasteiger charge is 2.37. The van der Waals surface area contributed by atoms with Gasteiger partial charge in [0.1, 0.15) is 0 Å². The van der Waals surface area contributed by atoms with Gasteiger partial charge in [-0.05, 0) is 49.8 Å². The summed E-state index contributed by atoms with van der Waals surface area (Å²) < 4.78 is 33.1. The summed E-state index contributed by atoms with van der Waals surface area (Å²) in [4.78, 5) is 30.3. The molecule has 3 aromatic heterocycles. The van der Waals surface area contributed by atoms with Gasteiger partial charge in [0.25, 0.3) is 5.91 Å². The van der Waals surface area contributed by atoms with E-state index in [1.54, 1.807) is 24.5 Å². The molecule has 2 saturated carbocycles. The van der Waals surface area contributed by atoms with Gasteiger partial charge in [0, 0.05) is 49.1 Å². The minimum Gasteiger partial charge on any atom is -0.463 e. The summed E-state index contributed by atoms with van der Waals surface area (Å²) in [5.74, 6) is -2.69. The summed E-state index contributed by atoms with van der Waals surface area (Å²) in [7, 11) is 0. The number of nitrogens with one attached hydrogen (secondary N) is 1. The van der Waals surface area contributed by atoms with Crippen LogP contribution in [0.2, 0.25) is 0 Å². The molecule has 1 N–H and O–H groups in total. The third kappa shape index (κ3) is 5.18. The van der Waals surface area contributed by atoms with Crippen molar-refractivity contribution in [3.8, 4) is 17.3 Å². The monoisotopic (exact) mass is 465 g/mol. The van der Waals surface area contributed by atoms with Gasteiger partial charge in [-0.1, -0.05) is 6.07 Å². The Hall–Kier alpha value is -3.49. The zero-order valence-corrected chi connectivity index (χ0v) is 18.6. The summed E-state index contributed by atoms with van der Waals surface area (Å²) in [6, 6.07) is 7.49. The second-order valence-electron chi connectivity index (χ2n) is 8.93. The highest BCUT2D eigenvalue weighted by Crippen LogP contribution is 2.44. The van der Waals surface area contributed by atoms with Crippen LogP contribution in [0.4, 0.5) is 14.5 Å². The van der Waals surface area contributed by atoms with Crippen molar-refractivity contribution < 1.29 is 18.3 Å². The second kappa shape index (κ2) is 9.40. The number of aromatic nitrogens is 4. The van der Waals surface area contributed by atoms with Crippen molar-refractivity contribution in [1.82, 2.24) is 19.9 Å². The van der Waals surface area contributed by atoms with Crippen LogP contribution in [-0.4, -0.2) is 38.4 Å². The average molecular weight is 466 g/mol. The number of amides is 1. The van der Waals surface area contributed by atoms with Crippen LogP contribution in [-0.2, 0) is 0 Å². The van der Waals surface area contributed by atoms with Crippen LogP contribution in [0.5, 0.6) is 6.01 Å². The van der Waals surface area contributed by atoms with Gasteiger partial charge in [0.05, 0.1) is 29.2 Å². The standard InChI is InChI=1S/C25H25F2N5O2/c26-25(27)9-6-17(7-10-25)21-22(19(8-12-29-21)20-3-1-2-11-28-20)32-23(33)18-13-30-24(31-14-18)34-15-16-4-5-16/h1-3,8,11-14,16-17H,4-7,9-10,15H2,(H,32,33). The van der Waals surface area contributed by atoms with Gasteiger partial charge >= 0.3 is 6.01 Å². The van der Waals surface area contributed by atoms with Gasteiger partial charge in [0.15, 0.2) is 0 Å². The summed E-state index contributed by atoms with van der Waals surface area (Å²) in [5, 5.41) is 2.94. The van der Waals surface area contributed by atoms with E-state index in [0.717, 1.165) is 12.8 Å². The van der Waals surface area contributed by atoms with E-state index < -0.39 is 11.8 Å². The predicted molar refractivity (Wildman–Crippen MR) is 122 cm³/mol. The van der Waals surface area contributed by atoms with Crippen LogP contribution in [0.1, 0.15) is 60.5 Å². The van der Waals surface area contributed by atoms with Crippen LogP contribution in [0, 0.1) is 5.92 Å². The Bertz CT molecular complexity index is 1140. The van der Waals surface area contributed by atoms with Crippen molar-refractivity contribution in [2.45, 2.75) is 50.4 Å². The van der Waals surface area contributed by atoms with Gasteiger partial charge in [-0.3, -0.25) is 14.8 Å². The van der Waals surface area contributed by atoms with E-state index in [9.17, 15) is 13.6 Å². The molecule has 1 amide bonds. The molecule has 0 saturated heterocycles. The minimum atomic E-state index is -2.65. The third-order valence-corrected chi connectivity index (χ3v) is 6.30. The maximum absolute atomic E-state index is 13.8. The van der Waals surface area contributed by atoms with Crippen LogP contribution in [0.25, 0.3) is 11.3 Å². The smallest absolute Gasteiger partial charge is 0.316 e. The molecule has 3 aromatic rings. The van der Waals surface area contributed by atoms with Crippen molar-refractivity contribution >= 4 is 11.6 Å². The fraction of sp³-hybridized carbons (Fsp3) is 0.400. The zero-order valence-electron chi connectivity index (χ0n) is 18.6. The number of halogens is 2. The largest absolute Gasteiger partial charge is 0.463 e. The fourth-order valence-corrected chi connectivity index (χ4v) is 4.14. The topological polar surface area (TPSA) is 89.9 Å². The van der Waals surface area contributed by atoms with E-state index in [4.69, 9.17) is 4.74 Å². The van der Waals surface area contributed by atoms with Gasteiger partial charge < -0.3 is 10.1 Å². The highest BCUT2D eigenvalue weighted by molar-refractivity contribution is 6.06. The lowest BCUT2D eigenvalue weighted by Gasteiger charge is -2.29. The number of hydrogen-bond donors (Lipinski definition) is 1. The van der Waals surface area contributed by atoms with Crippen molar-refractivity contribution in [1.29, 1.82) is 0 Å². The van der Waals surface area contributed by atoms with Gasteiger partial charge in [0.2, 0.25) is 5.92 Å². The van der Waals surface area contributed by atoms with Crippen molar-refractivity contribution in [3.63, 3.8) is 0 Å². The predicted octanol–water partition coefficient (Wildman–Crippen LogP) is 5.27. The molecule has 9 heteroatoms. The maximum atomic E-state index is 13.8. The second-order valence-corrected chi connectivity index (χ2v) is 8.93. The van der Waals surface area contributed by atoms with Gasteiger partial charge in [-0.15, -0.1) is 0 Å². The molecule has 176 valence electrons. The number of anilines is 1. The summed E-state index contributed by atoms with van der Waals surface area (Å²) >= 11 is 0. The lowest BCUT2D eigenvalue weighted by Crippen LogP contribution is -2.25. The molecule has 34 heavy (non-hydrogen) atoms. The average Bonchev–Trinajstić information content (AvgIpc) is 3.69. The van der Waals surface area contributed by atoms with E-state index in [0.29, 0.717) is 48.0 Å². The summed E-state index contributed by atoms with van der Waals surface area (Å²) in [6.07, 6.45) is 8.65. The highest BCUT2D eigenvalue weighted by atomic mass is 19.3. The lowest BCUT2D eigenvalue weighted by molar-refractivity contribution is -0.0384. The Balaban J connectivity index is 1.42. The van der Waals surface area contributed by atoms with E-state index in [2.05, 4.69) is 25.3 Å². The Morgan fingerprint density at radius 1 is 1.00 bits per heavy atom. The van der Waals surface area contributed by atoms with E-state index in [1.807, 2.05) is 12.1 Å². The number of rotatable bonds is 7. The van der Waals surface area contributed by atoms with E-state index >= 15 is 0 Å². The molecule has 0 bridgehead atoms. The zero-order chi connectivity index (χ0) is 23.5. The molecule has 2 fully saturated rings. The van der Waals surface area contributed by atoms with Crippen LogP contribution in [0.15, 0.2) is 49.1 Å². The molecule has 2 aliphatic rings. The molecule has 0 atom stereocenters. The first kappa shape index (κ1) is 22.3. The van der Waals surface area contributed by atoms with Crippen molar-refractivity contribution in [2.75, 3.05) is 11.9 Å². The van der Waals surface area contributed by atoms with E-state index in [1.165, 1.54) is 12.4 Å². The van der Waals surface area contributed by atoms with Crippen LogP contribution >= 0.6 is 0 Å². The van der Waals surface area contributed by atoms with Gasteiger partial charge in [-0.25, -0.2) is 18.7 Å². The number of alkyl halides is 2. The number of pyridine rings is 2. The molecule has 0 aromatic carbocycles. The van der Waals surface area contributed by atoms with Crippen molar-refractivity contribution in [3.05, 3.63) is 60.3 Å². The van der Waals surface area contributed by atoms with Crippen molar-refractivity contribution in [2.24, 2.45) is 5.92 Å². The molecule has 0 spiro atoms. The summed E-state index contributed by atoms with van der Waals surface area (Å²) in [6.45, 7) is 0.582. The summed E-state index contributed by atoms with van der Waals surface area (Å²) in [5.41, 5.74) is 2.67. The Morgan fingerprint density at radius 3 is 2.44 bits per heavy atom. The molecule has 2 aliphatic carbocycles. The number of ether oxygens (including phenoxy) is 1. The van der Waals surface area contributed by atoms with Crippen LogP contribution < -0.4 is 10.1 Å². The molecular weight excluding hydrogens is 440 g/mol.